The van der Waals surface area contributed by atoms with E-state index in [1.54, 1.807) is 26.0 Å². The molecule has 2 amide bonds. The van der Waals surface area contributed by atoms with Crippen molar-refractivity contribution in [2.45, 2.75) is 20.4 Å². The van der Waals surface area contributed by atoms with Crippen LogP contribution in [0.5, 0.6) is 0 Å². The molecule has 1 saturated heterocycles. The third-order valence-electron chi connectivity index (χ3n) is 3.62. The number of carbonyl (C=O) groups excluding carboxylic acids is 2. The van der Waals surface area contributed by atoms with Gasteiger partial charge in [-0.05, 0) is 49.9 Å². The lowest BCUT2D eigenvalue weighted by Crippen LogP contribution is -2.28. The highest BCUT2D eigenvalue weighted by atomic mass is 35.5. The third-order valence-corrected chi connectivity index (χ3v) is 4.88. The Morgan fingerprint density at radius 3 is 2.71 bits per heavy atom. The zero-order chi connectivity index (χ0) is 17.4. The normalized spacial score (nSPS) is 16.5. The highest BCUT2D eigenvalue weighted by Crippen LogP contribution is 2.35. The van der Waals surface area contributed by atoms with Crippen molar-refractivity contribution in [3.05, 3.63) is 62.7 Å². The molecule has 1 aromatic carbocycles. The van der Waals surface area contributed by atoms with Crippen molar-refractivity contribution in [1.29, 1.82) is 0 Å². The Hall–Kier alpha value is -2.05. The fourth-order valence-corrected chi connectivity index (χ4v) is 3.46. The summed E-state index contributed by atoms with van der Waals surface area (Å²) in [6.45, 7) is 3.38. The van der Waals surface area contributed by atoms with Gasteiger partial charge in [-0.25, -0.2) is 4.39 Å². The van der Waals surface area contributed by atoms with Gasteiger partial charge in [0.05, 0.1) is 11.4 Å². The minimum Gasteiger partial charge on any atom is -0.466 e. The van der Waals surface area contributed by atoms with E-state index in [1.807, 2.05) is 0 Å². The summed E-state index contributed by atoms with van der Waals surface area (Å²) in [6, 6.07) is 6.02. The van der Waals surface area contributed by atoms with Crippen LogP contribution in [0.4, 0.5) is 9.18 Å². The number of thioether (sulfide) groups is 1. The molecular formula is C17H13ClFNO3S. The molecule has 1 fully saturated rings. The van der Waals surface area contributed by atoms with Gasteiger partial charge in [-0.1, -0.05) is 17.7 Å². The fraction of sp³-hybridized carbons (Fsp3) is 0.176. The summed E-state index contributed by atoms with van der Waals surface area (Å²) in [5.74, 6) is 0.363. The molecule has 24 heavy (non-hydrogen) atoms. The third kappa shape index (κ3) is 3.12. The summed E-state index contributed by atoms with van der Waals surface area (Å²) in [5, 5.41) is -0.275. The van der Waals surface area contributed by atoms with E-state index in [9.17, 15) is 14.0 Å². The maximum absolute atomic E-state index is 13.9. The number of benzene rings is 1. The number of amides is 2. The molecule has 124 valence electrons. The van der Waals surface area contributed by atoms with Crippen LogP contribution in [0, 0.1) is 19.7 Å². The van der Waals surface area contributed by atoms with Crippen molar-refractivity contribution < 1.29 is 18.4 Å². The number of carbonyl (C=O) groups is 2. The Kier molecular flexibility index (Phi) is 4.51. The molecule has 0 spiro atoms. The van der Waals surface area contributed by atoms with E-state index in [1.165, 1.54) is 18.2 Å². The highest BCUT2D eigenvalue weighted by Gasteiger charge is 2.36. The monoisotopic (exact) mass is 365 g/mol. The first kappa shape index (κ1) is 16.8. The van der Waals surface area contributed by atoms with Crippen LogP contribution >= 0.6 is 23.4 Å². The van der Waals surface area contributed by atoms with Crippen LogP contribution in [0.25, 0.3) is 6.08 Å². The van der Waals surface area contributed by atoms with Crippen molar-refractivity contribution in [3.63, 3.8) is 0 Å². The van der Waals surface area contributed by atoms with Crippen molar-refractivity contribution in [1.82, 2.24) is 4.90 Å². The van der Waals surface area contributed by atoms with Crippen molar-refractivity contribution >= 4 is 40.6 Å². The number of halogens is 2. The lowest BCUT2D eigenvalue weighted by Gasteiger charge is -2.14. The molecule has 1 aliphatic heterocycles. The summed E-state index contributed by atoms with van der Waals surface area (Å²) >= 11 is 6.79. The average Bonchev–Trinajstić information content (AvgIpc) is 2.95. The second-order valence-corrected chi connectivity index (χ2v) is 6.74. The quantitative estimate of drug-likeness (QED) is 0.724. The first-order chi connectivity index (χ1) is 11.4. The van der Waals surface area contributed by atoms with Crippen LogP contribution in [0.1, 0.15) is 22.6 Å². The summed E-state index contributed by atoms with van der Waals surface area (Å²) in [5.41, 5.74) is 0.861. The molecule has 0 unspecified atom stereocenters. The Balaban J connectivity index is 1.88. The number of nitrogens with zero attached hydrogens (tertiary/aromatic N) is 1. The van der Waals surface area contributed by atoms with Gasteiger partial charge >= 0.3 is 0 Å². The van der Waals surface area contributed by atoms with Crippen LogP contribution in [-0.2, 0) is 11.3 Å². The van der Waals surface area contributed by atoms with Crippen LogP contribution in [0.3, 0.4) is 0 Å². The maximum Gasteiger partial charge on any atom is 0.293 e. The molecule has 2 heterocycles. The SMILES string of the molecule is Cc1cc(/C=C2\SC(=O)N(Cc3c(F)cccc3Cl)C2=O)c(C)o1. The van der Waals surface area contributed by atoms with E-state index in [2.05, 4.69) is 0 Å². The van der Waals surface area contributed by atoms with Gasteiger partial charge in [-0.3, -0.25) is 14.5 Å². The predicted octanol–water partition coefficient (Wildman–Crippen LogP) is 4.93. The van der Waals surface area contributed by atoms with Gasteiger partial charge in [0.1, 0.15) is 17.3 Å². The van der Waals surface area contributed by atoms with Crippen molar-refractivity contribution in [3.8, 4) is 0 Å². The number of rotatable bonds is 3. The highest BCUT2D eigenvalue weighted by molar-refractivity contribution is 8.18. The minimum absolute atomic E-state index is 0.123. The van der Waals surface area contributed by atoms with E-state index < -0.39 is 17.0 Å². The smallest absolute Gasteiger partial charge is 0.293 e. The lowest BCUT2D eigenvalue weighted by atomic mass is 10.2. The van der Waals surface area contributed by atoms with Gasteiger partial charge in [0.2, 0.25) is 0 Å². The zero-order valence-electron chi connectivity index (χ0n) is 12.9. The number of hydrogen-bond donors (Lipinski definition) is 0. The molecule has 0 saturated carbocycles. The number of furan rings is 1. The Labute approximate surface area is 147 Å². The van der Waals surface area contributed by atoms with E-state index in [4.69, 9.17) is 16.0 Å². The van der Waals surface area contributed by atoms with Gasteiger partial charge in [-0.2, -0.15) is 0 Å². The first-order valence-electron chi connectivity index (χ1n) is 7.12. The van der Waals surface area contributed by atoms with E-state index >= 15 is 0 Å². The average molecular weight is 366 g/mol. The molecule has 0 bridgehead atoms. The standard InChI is InChI=1S/C17H13ClFNO3S/c1-9-6-11(10(2)23-9)7-15-16(21)20(17(22)24-15)8-12-13(18)4-3-5-14(12)19/h3-7H,8H2,1-2H3/b15-7-. The molecule has 0 radical (unpaired) electrons. The van der Waals surface area contributed by atoms with Crippen LogP contribution in [-0.4, -0.2) is 16.0 Å². The molecular weight excluding hydrogens is 353 g/mol. The van der Waals surface area contributed by atoms with Crippen molar-refractivity contribution in [2.24, 2.45) is 0 Å². The van der Waals surface area contributed by atoms with Crippen LogP contribution in [0.15, 0.2) is 33.6 Å². The van der Waals surface area contributed by atoms with Crippen molar-refractivity contribution in [2.75, 3.05) is 0 Å². The molecule has 1 aromatic heterocycles. The molecule has 4 nitrogen and oxygen atoms in total. The second-order valence-electron chi connectivity index (χ2n) is 5.34. The maximum atomic E-state index is 13.9. The first-order valence-corrected chi connectivity index (χ1v) is 8.31. The fourth-order valence-electron chi connectivity index (χ4n) is 2.41. The zero-order valence-corrected chi connectivity index (χ0v) is 14.5. The van der Waals surface area contributed by atoms with E-state index in [-0.39, 0.29) is 22.0 Å². The van der Waals surface area contributed by atoms with E-state index in [0.29, 0.717) is 5.76 Å². The molecule has 3 rings (SSSR count). The lowest BCUT2D eigenvalue weighted by molar-refractivity contribution is -0.123. The topological polar surface area (TPSA) is 50.5 Å². The Morgan fingerprint density at radius 1 is 1.33 bits per heavy atom. The molecule has 0 aliphatic carbocycles. The predicted molar refractivity (Wildman–Crippen MR) is 91.1 cm³/mol. The van der Waals surface area contributed by atoms with Gasteiger partial charge in [-0.15, -0.1) is 0 Å². The van der Waals surface area contributed by atoms with Gasteiger partial charge < -0.3 is 4.42 Å². The summed E-state index contributed by atoms with van der Waals surface area (Å²) in [7, 11) is 0. The molecule has 7 heteroatoms. The largest absolute Gasteiger partial charge is 0.466 e. The summed E-state index contributed by atoms with van der Waals surface area (Å²) in [4.78, 5) is 25.9. The second kappa shape index (κ2) is 6.45. The Morgan fingerprint density at radius 2 is 2.08 bits per heavy atom. The van der Waals surface area contributed by atoms with Crippen LogP contribution in [0.2, 0.25) is 5.02 Å². The summed E-state index contributed by atoms with van der Waals surface area (Å²) < 4.78 is 19.3. The van der Waals surface area contributed by atoms with E-state index in [0.717, 1.165) is 28.0 Å². The van der Waals surface area contributed by atoms with Gasteiger partial charge in [0.15, 0.2) is 0 Å². The number of aryl methyl sites for hydroxylation is 2. The number of imide groups is 1. The Bertz CT molecular complexity index is 854. The molecule has 2 aromatic rings. The minimum atomic E-state index is -0.549. The number of hydrogen-bond acceptors (Lipinski definition) is 4. The van der Waals surface area contributed by atoms with Gasteiger partial charge in [0, 0.05) is 16.1 Å². The molecule has 0 atom stereocenters. The van der Waals surface area contributed by atoms with Crippen LogP contribution < -0.4 is 0 Å². The molecule has 1 aliphatic rings. The molecule has 0 N–H and O–H groups in total. The summed E-state index contributed by atoms with van der Waals surface area (Å²) in [6.07, 6.45) is 1.61. The van der Waals surface area contributed by atoms with Gasteiger partial charge in [0.25, 0.3) is 11.1 Å².